The van der Waals surface area contributed by atoms with Gasteiger partial charge in [-0.15, -0.1) is 6.58 Å². The Bertz CT molecular complexity index is 265. The molecular formula is C16H29N. The van der Waals surface area contributed by atoms with Crippen LogP contribution in [0, 0.1) is 17.8 Å². The summed E-state index contributed by atoms with van der Waals surface area (Å²) in [6.45, 7) is 19.0. The summed E-state index contributed by atoms with van der Waals surface area (Å²) in [6.07, 6.45) is 7.28. The van der Waals surface area contributed by atoms with Gasteiger partial charge < -0.3 is 5.32 Å². The molecule has 17 heavy (non-hydrogen) atoms. The van der Waals surface area contributed by atoms with E-state index in [9.17, 15) is 0 Å². The van der Waals surface area contributed by atoms with E-state index in [4.69, 9.17) is 0 Å². The summed E-state index contributed by atoms with van der Waals surface area (Å²) in [6, 6.07) is 0.433. The fraction of sp³-hybridized carbons (Fsp3) is 0.625. The maximum absolute atomic E-state index is 3.99. The van der Waals surface area contributed by atoms with Crippen LogP contribution in [0.4, 0.5) is 0 Å². The van der Waals surface area contributed by atoms with Crippen LogP contribution in [0.15, 0.2) is 37.1 Å². The van der Waals surface area contributed by atoms with Crippen molar-refractivity contribution in [2.45, 2.75) is 47.1 Å². The van der Waals surface area contributed by atoms with Crippen molar-refractivity contribution in [2.75, 3.05) is 0 Å². The van der Waals surface area contributed by atoms with Crippen LogP contribution in [0.2, 0.25) is 0 Å². The first-order chi connectivity index (χ1) is 7.97. The highest BCUT2D eigenvalue weighted by Gasteiger charge is 2.23. The van der Waals surface area contributed by atoms with Gasteiger partial charge in [-0.3, -0.25) is 0 Å². The second-order valence-electron chi connectivity index (χ2n) is 4.98. The zero-order valence-corrected chi connectivity index (χ0v) is 12.2. The molecule has 0 rings (SSSR count). The first kappa shape index (κ1) is 16.0. The van der Waals surface area contributed by atoms with Gasteiger partial charge in [0, 0.05) is 11.7 Å². The molecule has 0 fully saturated rings. The Kier molecular flexibility index (Phi) is 7.69. The minimum Gasteiger partial charge on any atom is -0.383 e. The molecule has 0 saturated heterocycles. The molecule has 0 saturated carbocycles. The Morgan fingerprint density at radius 1 is 1.24 bits per heavy atom. The van der Waals surface area contributed by atoms with E-state index in [1.54, 1.807) is 0 Å². The number of nitrogens with one attached hydrogen (secondary N) is 1. The average Bonchev–Trinajstić information content (AvgIpc) is 2.29. The minimum atomic E-state index is 0.433. The van der Waals surface area contributed by atoms with Crippen molar-refractivity contribution in [2.24, 2.45) is 17.8 Å². The monoisotopic (exact) mass is 235 g/mol. The van der Waals surface area contributed by atoms with Crippen molar-refractivity contribution < 1.29 is 0 Å². The van der Waals surface area contributed by atoms with Crippen LogP contribution in [0.1, 0.15) is 41.0 Å². The largest absolute Gasteiger partial charge is 0.383 e. The van der Waals surface area contributed by atoms with E-state index in [0.717, 1.165) is 12.1 Å². The summed E-state index contributed by atoms with van der Waals surface area (Å²) in [5, 5.41) is 3.45. The third-order valence-corrected chi connectivity index (χ3v) is 3.85. The quantitative estimate of drug-likeness (QED) is 0.481. The molecule has 0 bridgehead atoms. The maximum atomic E-state index is 3.99. The molecule has 98 valence electrons. The molecule has 0 aliphatic heterocycles. The van der Waals surface area contributed by atoms with E-state index in [2.05, 4.69) is 52.2 Å². The summed E-state index contributed by atoms with van der Waals surface area (Å²) < 4.78 is 0. The number of allylic oxidation sites excluding steroid dienone is 3. The Balaban J connectivity index is 4.42. The van der Waals surface area contributed by atoms with Crippen LogP contribution in [0.3, 0.4) is 0 Å². The van der Waals surface area contributed by atoms with E-state index < -0.39 is 0 Å². The molecule has 0 aromatic heterocycles. The lowest BCUT2D eigenvalue weighted by Crippen LogP contribution is -2.36. The van der Waals surface area contributed by atoms with Gasteiger partial charge in [-0.2, -0.15) is 0 Å². The maximum Gasteiger partial charge on any atom is 0.0265 e. The molecule has 1 nitrogen and oxygen atoms in total. The van der Waals surface area contributed by atoms with Crippen molar-refractivity contribution in [1.82, 2.24) is 5.32 Å². The zero-order chi connectivity index (χ0) is 13.4. The van der Waals surface area contributed by atoms with E-state index >= 15 is 0 Å². The van der Waals surface area contributed by atoms with Crippen LogP contribution in [0.5, 0.6) is 0 Å². The lowest BCUT2D eigenvalue weighted by molar-refractivity contribution is 0.251. The molecular weight excluding hydrogens is 206 g/mol. The third-order valence-electron chi connectivity index (χ3n) is 3.85. The average molecular weight is 235 g/mol. The van der Waals surface area contributed by atoms with Gasteiger partial charge in [0.2, 0.25) is 0 Å². The topological polar surface area (TPSA) is 12.0 Å². The van der Waals surface area contributed by atoms with E-state index in [-0.39, 0.29) is 0 Å². The molecule has 1 heteroatoms. The van der Waals surface area contributed by atoms with Gasteiger partial charge >= 0.3 is 0 Å². The molecule has 0 heterocycles. The first-order valence-corrected chi connectivity index (χ1v) is 6.68. The zero-order valence-electron chi connectivity index (χ0n) is 12.2. The van der Waals surface area contributed by atoms with Crippen LogP contribution in [0.25, 0.3) is 0 Å². The van der Waals surface area contributed by atoms with E-state index in [1.807, 2.05) is 19.1 Å². The van der Waals surface area contributed by atoms with Crippen molar-refractivity contribution in [1.29, 1.82) is 0 Å². The second kappa shape index (κ2) is 8.16. The number of hydrogen-bond acceptors (Lipinski definition) is 1. The Morgan fingerprint density at radius 3 is 2.24 bits per heavy atom. The second-order valence-corrected chi connectivity index (χ2v) is 4.98. The predicted octanol–water partition coefficient (Wildman–Crippen LogP) is 4.54. The molecule has 0 aliphatic rings. The highest BCUT2D eigenvalue weighted by molar-refractivity contribution is 5.12. The van der Waals surface area contributed by atoms with Crippen molar-refractivity contribution in [3.63, 3.8) is 0 Å². The van der Waals surface area contributed by atoms with Gasteiger partial charge in [-0.25, -0.2) is 0 Å². The summed E-state index contributed by atoms with van der Waals surface area (Å²) in [5.41, 5.74) is 0.991. The molecule has 0 aromatic carbocycles. The van der Waals surface area contributed by atoms with Crippen LogP contribution < -0.4 is 5.32 Å². The molecule has 0 radical (unpaired) electrons. The summed E-state index contributed by atoms with van der Waals surface area (Å²) in [7, 11) is 0. The first-order valence-electron chi connectivity index (χ1n) is 6.68. The van der Waals surface area contributed by atoms with Crippen molar-refractivity contribution >= 4 is 0 Å². The molecule has 0 amide bonds. The van der Waals surface area contributed by atoms with Crippen molar-refractivity contribution in [3.05, 3.63) is 37.1 Å². The third kappa shape index (κ3) is 5.25. The van der Waals surface area contributed by atoms with E-state index in [1.165, 1.54) is 0 Å². The normalized spacial score (nSPS) is 18.4. The lowest BCUT2D eigenvalue weighted by Gasteiger charge is -2.31. The smallest absolute Gasteiger partial charge is 0.0265 e. The fourth-order valence-electron chi connectivity index (χ4n) is 2.27. The Labute approximate surface area is 108 Å². The molecule has 1 N–H and O–H groups in total. The van der Waals surface area contributed by atoms with Crippen LogP contribution in [-0.4, -0.2) is 6.04 Å². The minimum absolute atomic E-state index is 0.433. The Hall–Kier alpha value is -0.980. The predicted molar refractivity (Wildman–Crippen MR) is 78.9 cm³/mol. The highest BCUT2D eigenvalue weighted by Crippen LogP contribution is 2.26. The highest BCUT2D eigenvalue weighted by atomic mass is 14.9. The lowest BCUT2D eigenvalue weighted by atomic mass is 9.79. The summed E-state index contributed by atoms with van der Waals surface area (Å²) in [5.74, 6) is 1.84. The van der Waals surface area contributed by atoms with Crippen LogP contribution in [-0.2, 0) is 0 Å². The van der Waals surface area contributed by atoms with Gasteiger partial charge in [0.05, 0.1) is 0 Å². The molecule has 4 atom stereocenters. The number of hydrogen-bond donors (Lipinski definition) is 1. The van der Waals surface area contributed by atoms with Gasteiger partial charge in [-0.05, 0) is 44.1 Å². The standard InChI is InChI=1S/C16H29N/c1-8-11-12(4)17-15(7)13(5)14(6)16(9-2)10-3/h8-9,11,13-17H,2,4,10H2,1,3,5-7H3/b11-8-. The Morgan fingerprint density at radius 2 is 1.82 bits per heavy atom. The van der Waals surface area contributed by atoms with Gasteiger partial charge in [0.25, 0.3) is 0 Å². The van der Waals surface area contributed by atoms with Gasteiger partial charge in [0.15, 0.2) is 0 Å². The summed E-state index contributed by atoms with van der Waals surface area (Å²) >= 11 is 0. The van der Waals surface area contributed by atoms with Crippen molar-refractivity contribution in [3.8, 4) is 0 Å². The summed E-state index contributed by atoms with van der Waals surface area (Å²) in [4.78, 5) is 0. The SMILES string of the molecule is C=CC(CC)C(C)C(C)C(C)NC(=C)/C=C\C. The van der Waals surface area contributed by atoms with Crippen LogP contribution >= 0.6 is 0 Å². The fourth-order valence-corrected chi connectivity index (χ4v) is 2.27. The molecule has 0 spiro atoms. The molecule has 4 unspecified atom stereocenters. The molecule has 0 aromatic rings. The molecule has 0 aliphatic carbocycles. The number of rotatable bonds is 8. The van der Waals surface area contributed by atoms with E-state index in [0.29, 0.717) is 23.8 Å². The van der Waals surface area contributed by atoms with Gasteiger partial charge in [-0.1, -0.05) is 39.5 Å². The van der Waals surface area contributed by atoms with Gasteiger partial charge in [0.1, 0.15) is 0 Å².